The van der Waals surface area contributed by atoms with E-state index in [9.17, 15) is 0 Å². The fraction of sp³-hybridized carbons (Fsp3) is 0.750. The summed E-state index contributed by atoms with van der Waals surface area (Å²) in [5, 5.41) is 9.16. The Morgan fingerprint density at radius 2 is 2.30 bits per heavy atom. The number of rotatable bonds is 5. The van der Waals surface area contributed by atoms with Crippen LogP contribution in [-0.4, -0.2) is 24.9 Å². The third-order valence-electron chi connectivity index (χ3n) is 1.38. The fourth-order valence-corrected chi connectivity index (χ4v) is 0.729. The van der Waals surface area contributed by atoms with Gasteiger partial charge < -0.3 is 9.84 Å². The molecule has 0 rings (SSSR count). The lowest BCUT2D eigenvalue weighted by atomic mass is 10.1. The average molecular weight is 144 g/mol. The van der Waals surface area contributed by atoms with Crippen molar-refractivity contribution in [1.82, 2.24) is 0 Å². The Morgan fingerprint density at radius 3 is 2.70 bits per heavy atom. The molecule has 0 heterocycles. The van der Waals surface area contributed by atoms with Crippen molar-refractivity contribution in [2.45, 2.75) is 25.9 Å². The first-order valence-electron chi connectivity index (χ1n) is 3.54. The zero-order chi connectivity index (χ0) is 7.98. The Hall–Kier alpha value is -0.340. The summed E-state index contributed by atoms with van der Waals surface area (Å²) in [7, 11) is 1.58. The van der Waals surface area contributed by atoms with Crippen LogP contribution in [0.3, 0.4) is 0 Å². The maximum Gasteiger partial charge on any atom is 0.0810 e. The van der Waals surface area contributed by atoms with Crippen molar-refractivity contribution in [3.05, 3.63) is 12.2 Å². The van der Waals surface area contributed by atoms with Gasteiger partial charge in [-0.2, -0.15) is 0 Å². The minimum absolute atomic E-state index is 0.377. The van der Waals surface area contributed by atoms with Gasteiger partial charge in [0.2, 0.25) is 0 Å². The van der Waals surface area contributed by atoms with Gasteiger partial charge in [0.05, 0.1) is 12.7 Å². The molecule has 0 aromatic carbocycles. The quantitative estimate of drug-likeness (QED) is 0.590. The number of hydrogen-bond donors (Lipinski definition) is 1. The fourth-order valence-electron chi connectivity index (χ4n) is 0.729. The van der Waals surface area contributed by atoms with E-state index in [1.54, 1.807) is 7.11 Å². The number of aliphatic hydroxyl groups excluding tert-OH is 1. The summed E-state index contributed by atoms with van der Waals surface area (Å²) in [5.74, 6) is 0. The molecule has 0 spiro atoms. The minimum Gasteiger partial charge on any atom is -0.390 e. The SMILES string of the molecule is C=C(CC)CC(O)COC. The molecule has 2 heteroatoms. The van der Waals surface area contributed by atoms with Crippen LogP contribution in [0.4, 0.5) is 0 Å². The second-order valence-electron chi connectivity index (χ2n) is 2.42. The van der Waals surface area contributed by atoms with Crippen LogP contribution in [0.1, 0.15) is 19.8 Å². The van der Waals surface area contributed by atoms with Crippen molar-refractivity contribution in [2.75, 3.05) is 13.7 Å². The predicted molar refractivity (Wildman–Crippen MR) is 41.9 cm³/mol. The lowest BCUT2D eigenvalue weighted by Crippen LogP contribution is -2.14. The molecule has 0 aromatic rings. The van der Waals surface area contributed by atoms with Gasteiger partial charge in [-0.1, -0.05) is 19.1 Å². The summed E-state index contributed by atoms with van der Waals surface area (Å²) in [4.78, 5) is 0. The van der Waals surface area contributed by atoms with Gasteiger partial charge in [-0.25, -0.2) is 0 Å². The first kappa shape index (κ1) is 9.66. The third kappa shape index (κ3) is 4.53. The highest BCUT2D eigenvalue weighted by Crippen LogP contribution is 2.06. The topological polar surface area (TPSA) is 29.5 Å². The van der Waals surface area contributed by atoms with Crippen molar-refractivity contribution in [3.8, 4) is 0 Å². The predicted octanol–water partition coefficient (Wildman–Crippen LogP) is 1.35. The van der Waals surface area contributed by atoms with Crippen molar-refractivity contribution >= 4 is 0 Å². The standard InChI is InChI=1S/C8H16O2/c1-4-7(2)5-8(9)6-10-3/h8-9H,2,4-6H2,1,3H3. The molecule has 0 radical (unpaired) electrons. The summed E-state index contributed by atoms with van der Waals surface area (Å²) in [6.07, 6.45) is 1.21. The van der Waals surface area contributed by atoms with Crippen LogP contribution in [0.15, 0.2) is 12.2 Å². The third-order valence-corrected chi connectivity index (χ3v) is 1.38. The van der Waals surface area contributed by atoms with E-state index in [1.165, 1.54) is 0 Å². The number of ether oxygens (including phenoxy) is 1. The summed E-state index contributed by atoms with van der Waals surface area (Å²) >= 11 is 0. The number of hydrogen-bond acceptors (Lipinski definition) is 2. The Kier molecular flexibility index (Phi) is 5.26. The monoisotopic (exact) mass is 144 g/mol. The molecule has 60 valence electrons. The smallest absolute Gasteiger partial charge is 0.0810 e. The molecule has 0 aliphatic rings. The second kappa shape index (κ2) is 5.45. The van der Waals surface area contributed by atoms with E-state index in [0.717, 1.165) is 12.0 Å². The Balaban J connectivity index is 3.37. The van der Waals surface area contributed by atoms with Crippen LogP contribution in [0, 0.1) is 0 Å². The van der Waals surface area contributed by atoms with Gasteiger partial charge in [-0.05, 0) is 12.8 Å². The van der Waals surface area contributed by atoms with Crippen molar-refractivity contribution in [2.24, 2.45) is 0 Å². The molecular weight excluding hydrogens is 128 g/mol. The highest BCUT2D eigenvalue weighted by Gasteiger charge is 2.03. The molecule has 0 amide bonds. The molecule has 2 nitrogen and oxygen atoms in total. The van der Waals surface area contributed by atoms with E-state index < -0.39 is 0 Å². The molecule has 0 aromatic heterocycles. The van der Waals surface area contributed by atoms with E-state index in [4.69, 9.17) is 9.84 Å². The van der Waals surface area contributed by atoms with Gasteiger partial charge in [0, 0.05) is 7.11 Å². The molecule has 0 saturated heterocycles. The summed E-state index contributed by atoms with van der Waals surface area (Å²) in [6.45, 7) is 6.21. The first-order valence-corrected chi connectivity index (χ1v) is 3.54. The van der Waals surface area contributed by atoms with Crippen LogP contribution >= 0.6 is 0 Å². The molecule has 10 heavy (non-hydrogen) atoms. The maximum absolute atomic E-state index is 9.16. The minimum atomic E-state index is -0.377. The molecule has 0 aliphatic heterocycles. The van der Waals surface area contributed by atoms with E-state index in [0.29, 0.717) is 13.0 Å². The molecule has 0 bridgehead atoms. The van der Waals surface area contributed by atoms with Crippen molar-refractivity contribution in [1.29, 1.82) is 0 Å². The van der Waals surface area contributed by atoms with Gasteiger partial charge >= 0.3 is 0 Å². The summed E-state index contributed by atoms with van der Waals surface area (Å²) in [6, 6.07) is 0. The van der Waals surface area contributed by atoms with Crippen molar-refractivity contribution in [3.63, 3.8) is 0 Å². The van der Waals surface area contributed by atoms with Crippen LogP contribution in [0.5, 0.6) is 0 Å². The summed E-state index contributed by atoms with van der Waals surface area (Å²) in [5.41, 5.74) is 1.07. The van der Waals surface area contributed by atoms with E-state index in [2.05, 4.69) is 6.58 Å². The Morgan fingerprint density at radius 1 is 1.70 bits per heavy atom. The van der Waals surface area contributed by atoms with Gasteiger partial charge in [-0.15, -0.1) is 0 Å². The van der Waals surface area contributed by atoms with Gasteiger partial charge in [-0.3, -0.25) is 0 Å². The molecule has 0 saturated carbocycles. The molecule has 1 N–H and O–H groups in total. The molecule has 1 atom stereocenters. The van der Waals surface area contributed by atoms with Crippen LogP contribution in [-0.2, 0) is 4.74 Å². The van der Waals surface area contributed by atoms with Crippen LogP contribution in [0.25, 0.3) is 0 Å². The van der Waals surface area contributed by atoms with E-state index in [1.807, 2.05) is 6.92 Å². The Labute approximate surface area is 62.5 Å². The zero-order valence-electron chi connectivity index (χ0n) is 6.76. The summed E-state index contributed by atoms with van der Waals surface area (Å²) < 4.78 is 4.76. The van der Waals surface area contributed by atoms with E-state index in [-0.39, 0.29) is 6.10 Å². The molecule has 1 unspecified atom stereocenters. The van der Waals surface area contributed by atoms with Crippen LogP contribution in [0.2, 0.25) is 0 Å². The molecule has 0 fully saturated rings. The molecule has 0 aliphatic carbocycles. The van der Waals surface area contributed by atoms with E-state index >= 15 is 0 Å². The highest BCUT2D eigenvalue weighted by atomic mass is 16.5. The number of aliphatic hydroxyl groups is 1. The van der Waals surface area contributed by atoms with Crippen molar-refractivity contribution < 1.29 is 9.84 Å². The largest absolute Gasteiger partial charge is 0.390 e. The van der Waals surface area contributed by atoms with Gasteiger partial charge in [0.1, 0.15) is 0 Å². The highest BCUT2D eigenvalue weighted by molar-refractivity contribution is 4.94. The lowest BCUT2D eigenvalue weighted by Gasteiger charge is -2.09. The van der Waals surface area contributed by atoms with Crippen LogP contribution < -0.4 is 0 Å². The average Bonchev–Trinajstić information content (AvgIpc) is 1.88. The first-order chi connectivity index (χ1) is 4.70. The Bertz CT molecular complexity index is 99.4. The maximum atomic E-state index is 9.16. The number of methoxy groups -OCH3 is 1. The normalized spacial score (nSPS) is 13.1. The lowest BCUT2D eigenvalue weighted by molar-refractivity contribution is 0.0647. The van der Waals surface area contributed by atoms with Gasteiger partial charge in [0.25, 0.3) is 0 Å². The van der Waals surface area contributed by atoms with Gasteiger partial charge in [0.15, 0.2) is 0 Å². The second-order valence-corrected chi connectivity index (χ2v) is 2.42. The molecular formula is C8H16O2. The zero-order valence-corrected chi connectivity index (χ0v) is 6.76.